The van der Waals surface area contributed by atoms with E-state index in [9.17, 15) is 15.0 Å². The molecule has 0 saturated heterocycles. The standard InChI is InChI=1S/C15H16N4O3/c1-9-14(21)12(10(8-20)6-17-9)7-18-19-15(22)11-4-2-3-5-13(11)16/h2-7,20-21H,8,16H2,1H3,(H,19,22)/b18-7+. The molecule has 0 unspecified atom stereocenters. The zero-order chi connectivity index (χ0) is 16.1. The van der Waals surface area contributed by atoms with Crippen molar-refractivity contribution in [2.24, 2.45) is 5.10 Å². The fourth-order valence-corrected chi connectivity index (χ4v) is 1.84. The van der Waals surface area contributed by atoms with Gasteiger partial charge in [0.1, 0.15) is 5.75 Å². The Bertz CT molecular complexity index is 729. The molecule has 0 aliphatic heterocycles. The molecule has 1 heterocycles. The number of carbonyl (C=O) groups excluding carboxylic acids is 1. The molecule has 0 atom stereocenters. The van der Waals surface area contributed by atoms with Crippen LogP contribution in [0.25, 0.3) is 0 Å². The van der Waals surface area contributed by atoms with Crippen LogP contribution in [0.5, 0.6) is 5.75 Å². The monoisotopic (exact) mass is 300 g/mol. The second kappa shape index (κ2) is 6.68. The van der Waals surface area contributed by atoms with Crippen molar-refractivity contribution in [3.05, 3.63) is 52.8 Å². The van der Waals surface area contributed by atoms with E-state index in [0.717, 1.165) is 0 Å². The lowest BCUT2D eigenvalue weighted by Crippen LogP contribution is -2.19. The largest absolute Gasteiger partial charge is 0.505 e. The van der Waals surface area contributed by atoms with Gasteiger partial charge in [-0.05, 0) is 19.1 Å². The van der Waals surface area contributed by atoms with Crippen LogP contribution in [0.2, 0.25) is 0 Å². The van der Waals surface area contributed by atoms with Gasteiger partial charge in [-0.2, -0.15) is 5.10 Å². The van der Waals surface area contributed by atoms with Crippen LogP contribution in [0.3, 0.4) is 0 Å². The maximum absolute atomic E-state index is 11.9. The van der Waals surface area contributed by atoms with Gasteiger partial charge in [0.15, 0.2) is 0 Å². The smallest absolute Gasteiger partial charge is 0.273 e. The van der Waals surface area contributed by atoms with Crippen molar-refractivity contribution >= 4 is 17.8 Å². The van der Waals surface area contributed by atoms with Gasteiger partial charge < -0.3 is 15.9 Å². The van der Waals surface area contributed by atoms with Crippen LogP contribution in [-0.4, -0.2) is 27.3 Å². The number of hydrogen-bond acceptors (Lipinski definition) is 6. The zero-order valence-corrected chi connectivity index (χ0v) is 11.9. The normalized spacial score (nSPS) is 10.8. The molecule has 0 saturated carbocycles. The molecule has 1 aromatic carbocycles. The number of aryl methyl sites for hydroxylation is 1. The van der Waals surface area contributed by atoms with E-state index in [0.29, 0.717) is 28.1 Å². The number of amides is 1. The summed E-state index contributed by atoms with van der Waals surface area (Å²) in [6.45, 7) is 1.32. The molecule has 0 aliphatic carbocycles. The van der Waals surface area contributed by atoms with Crippen LogP contribution >= 0.6 is 0 Å². The summed E-state index contributed by atoms with van der Waals surface area (Å²) in [5.74, 6) is -0.561. The highest BCUT2D eigenvalue weighted by Crippen LogP contribution is 2.21. The van der Waals surface area contributed by atoms with E-state index in [1.165, 1.54) is 12.4 Å². The van der Waals surface area contributed by atoms with E-state index in [-0.39, 0.29) is 12.4 Å². The van der Waals surface area contributed by atoms with Crippen molar-refractivity contribution in [2.75, 3.05) is 5.73 Å². The number of para-hydroxylation sites is 1. The summed E-state index contributed by atoms with van der Waals surface area (Å²) in [4.78, 5) is 15.9. The summed E-state index contributed by atoms with van der Waals surface area (Å²) in [7, 11) is 0. The van der Waals surface area contributed by atoms with E-state index >= 15 is 0 Å². The first kappa shape index (κ1) is 15.5. The molecule has 0 radical (unpaired) electrons. The number of carbonyl (C=O) groups is 1. The Morgan fingerprint density at radius 1 is 1.45 bits per heavy atom. The Balaban J connectivity index is 2.19. The van der Waals surface area contributed by atoms with Crippen molar-refractivity contribution in [1.82, 2.24) is 10.4 Å². The van der Waals surface area contributed by atoms with Gasteiger partial charge in [0.05, 0.1) is 24.1 Å². The fourth-order valence-electron chi connectivity index (χ4n) is 1.84. The SMILES string of the molecule is Cc1ncc(CO)c(/C=N/NC(=O)c2ccccc2N)c1O. The first-order chi connectivity index (χ1) is 10.5. The van der Waals surface area contributed by atoms with Crippen LogP contribution in [-0.2, 0) is 6.61 Å². The maximum Gasteiger partial charge on any atom is 0.273 e. The van der Waals surface area contributed by atoms with Gasteiger partial charge in [-0.1, -0.05) is 12.1 Å². The highest BCUT2D eigenvalue weighted by atomic mass is 16.3. The van der Waals surface area contributed by atoms with Crippen LogP contribution < -0.4 is 11.2 Å². The van der Waals surface area contributed by atoms with Gasteiger partial charge in [-0.3, -0.25) is 9.78 Å². The van der Waals surface area contributed by atoms with Gasteiger partial charge >= 0.3 is 0 Å². The summed E-state index contributed by atoms with van der Waals surface area (Å²) in [6.07, 6.45) is 2.69. The van der Waals surface area contributed by atoms with E-state index in [1.54, 1.807) is 31.2 Å². The predicted molar refractivity (Wildman–Crippen MR) is 82.5 cm³/mol. The molecule has 0 aliphatic rings. The van der Waals surface area contributed by atoms with Gasteiger partial charge in [-0.15, -0.1) is 0 Å². The van der Waals surface area contributed by atoms with Gasteiger partial charge in [0.2, 0.25) is 0 Å². The molecule has 0 spiro atoms. The summed E-state index contributed by atoms with van der Waals surface area (Å²) in [5, 5.41) is 23.0. The van der Waals surface area contributed by atoms with Crippen LogP contribution in [0.1, 0.15) is 27.2 Å². The van der Waals surface area contributed by atoms with Crippen LogP contribution in [0, 0.1) is 6.92 Å². The minimum Gasteiger partial charge on any atom is -0.505 e. The van der Waals surface area contributed by atoms with E-state index in [1.807, 2.05) is 0 Å². The Morgan fingerprint density at radius 3 is 2.86 bits per heavy atom. The topological polar surface area (TPSA) is 121 Å². The maximum atomic E-state index is 11.9. The Kier molecular flexibility index (Phi) is 4.70. The van der Waals surface area contributed by atoms with Crippen molar-refractivity contribution < 1.29 is 15.0 Å². The number of nitrogen functional groups attached to an aromatic ring is 1. The number of nitrogens with one attached hydrogen (secondary N) is 1. The number of aromatic nitrogens is 1. The lowest BCUT2D eigenvalue weighted by Gasteiger charge is -2.07. The second-order valence-corrected chi connectivity index (χ2v) is 4.58. The van der Waals surface area contributed by atoms with E-state index in [2.05, 4.69) is 15.5 Å². The molecule has 5 N–H and O–H groups in total. The average Bonchev–Trinajstić information content (AvgIpc) is 2.52. The number of anilines is 1. The number of nitrogens with zero attached hydrogens (tertiary/aromatic N) is 2. The number of hydrazone groups is 1. The number of benzene rings is 1. The van der Waals surface area contributed by atoms with Crippen molar-refractivity contribution in [1.29, 1.82) is 0 Å². The van der Waals surface area contributed by atoms with E-state index < -0.39 is 5.91 Å². The minimum absolute atomic E-state index is 0.0937. The molecular formula is C15H16N4O3. The average molecular weight is 300 g/mol. The van der Waals surface area contributed by atoms with Crippen LogP contribution in [0.4, 0.5) is 5.69 Å². The van der Waals surface area contributed by atoms with Crippen LogP contribution in [0.15, 0.2) is 35.6 Å². The summed E-state index contributed by atoms with van der Waals surface area (Å²) in [6, 6.07) is 6.60. The molecule has 2 aromatic rings. The fraction of sp³-hybridized carbons (Fsp3) is 0.133. The Morgan fingerprint density at radius 2 is 2.18 bits per heavy atom. The van der Waals surface area contributed by atoms with Crippen molar-refractivity contribution in [3.63, 3.8) is 0 Å². The number of hydrogen-bond donors (Lipinski definition) is 4. The van der Waals surface area contributed by atoms with Crippen molar-refractivity contribution in [2.45, 2.75) is 13.5 Å². The quantitative estimate of drug-likeness (QED) is 0.380. The molecule has 2 rings (SSSR count). The molecule has 114 valence electrons. The number of rotatable bonds is 4. The summed E-state index contributed by atoms with van der Waals surface area (Å²) < 4.78 is 0. The Labute approximate surface area is 127 Å². The molecule has 0 bridgehead atoms. The Hall–Kier alpha value is -2.93. The predicted octanol–water partition coefficient (Wildman–Crippen LogP) is 0.934. The molecule has 7 heteroatoms. The third-order valence-corrected chi connectivity index (χ3v) is 3.09. The van der Waals surface area contributed by atoms with Gasteiger partial charge in [-0.25, -0.2) is 5.43 Å². The lowest BCUT2D eigenvalue weighted by molar-refractivity contribution is 0.0956. The third-order valence-electron chi connectivity index (χ3n) is 3.09. The summed E-state index contributed by atoms with van der Waals surface area (Å²) >= 11 is 0. The van der Waals surface area contributed by atoms with Crippen molar-refractivity contribution in [3.8, 4) is 5.75 Å². The molecule has 1 amide bonds. The molecule has 0 fully saturated rings. The number of aliphatic hydroxyl groups is 1. The highest BCUT2D eigenvalue weighted by molar-refractivity contribution is 5.99. The molecule has 1 aromatic heterocycles. The third kappa shape index (κ3) is 3.21. The second-order valence-electron chi connectivity index (χ2n) is 4.58. The first-order valence-corrected chi connectivity index (χ1v) is 6.50. The summed E-state index contributed by atoms with van der Waals surface area (Å²) in [5.41, 5.74) is 9.77. The number of aliphatic hydroxyl groups excluding tert-OH is 1. The molecular weight excluding hydrogens is 284 g/mol. The van der Waals surface area contributed by atoms with Gasteiger partial charge in [0.25, 0.3) is 5.91 Å². The number of aromatic hydroxyl groups is 1. The first-order valence-electron chi connectivity index (χ1n) is 6.50. The molecule has 7 nitrogen and oxygen atoms in total. The molecule has 22 heavy (non-hydrogen) atoms. The highest BCUT2D eigenvalue weighted by Gasteiger charge is 2.10. The lowest BCUT2D eigenvalue weighted by atomic mass is 10.1. The number of pyridine rings is 1. The number of nitrogens with two attached hydrogens (primary N) is 1. The van der Waals surface area contributed by atoms with E-state index in [4.69, 9.17) is 5.73 Å². The zero-order valence-electron chi connectivity index (χ0n) is 11.9. The van der Waals surface area contributed by atoms with Gasteiger partial charge in [0, 0.05) is 23.0 Å². The minimum atomic E-state index is -0.467.